The Morgan fingerprint density at radius 2 is 1.21 bits per heavy atom. The molecule has 0 aromatic rings. The molecule has 0 spiro atoms. The molecule has 178 valence electrons. The van der Waals surface area contributed by atoms with Crippen LogP contribution in [0.5, 0.6) is 0 Å². The number of allylic oxidation sites excluding steroid dienone is 14. The molecule has 0 amide bonds. The Bertz CT molecular complexity index is 981. The predicted molar refractivity (Wildman–Crippen MR) is 132 cm³/mol. The van der Waals surface area contributed by atoms with Crippen molar-refractivity contribution in [2.45, 2.75) is 33.6 Å². The SMILES string of the molecule is C=C(/C=C\C(=C)C(=C)/C(F)=C(/F)C(=C)/C(C)=C/CCC)C(=C)/C(F)=C(/F)C(=C)OC/C=C/C. The Morgan fingerprint density at radius 3 is 1.67 bits per heavy atom. The van der Waals surface area contributed by atoms with Crippen molar-refractivity contribution >= 4 is 0 Å². The molecule has 0 unspecified atom stereocenters. The second-order valence-electron chi connectivity index (χ2n) is 7.05. The van der Waals surface area contributed by atoms with Crippen molar-refractivity contribution in [2.24, 2.45) is 0 Å². The van der Waals surface area contributed by atoms with Crippen LogP contribution in [0, 0.1) is 0 Å². The van der Waals surface area contributed by atoms with Gasteiger partial charge >= 0.3 is 0 Å². The molecule has 0 saturated heterocycles. The Morgan fingerprint density at radius 1 is 0.758 bits per heavy atom. The fourth-order valence-corrected chi connectivity index (χ4v) is 2.17. The van der Waals surface area contributed by atoms with Gasteiger partial charge in [0, 0.05) is 16.7 Å². The molecule has 0 saturated carbocycles. The molecule has 0 aromatic carbocycles. The normalized spacial score (nSPS) is 13.5. The van der Waals surface area contributed by atoms with Gasteiger partial charge in [0.05, 0.1) is 0 Å². The van der Waals surface area contributed by atoms with Gasteiger partial charge in [-0.05, 0) is 37.0 Å². The van der Waals surface area contributed by atoms with Gasteiger partial charge in [0.25, 0.3) is 0 Å². The highest BCUT2D eigenvalue weighted by atomic mass is 19.2. The number of unbranched alkanes of at least 4 members (excludes halogenated alkanes) is 1. The molecule has 0 aliphatic heterocycles. The van der Waals surface area contributed by atoms with Crippen molar-refractivity contribution in [3.8, 4) is 0 Å². The van der Waals surface area contributed by atoms with E-state index in [1.165, 1.54) is 12.2 Å². The van der Waals surface area contributed by atoms with Gasteiger partial charge in [-0.25, -0.2) is 13.2 Å². The first-order valence-corrected chi connectivity index (χ1v) is 10.3. The van der Waals surface area contributed by atoms with Gasteiger partial charge < -0.3 is 4.74 Å². The summed E-state index contributed by atoms with van der Waals surface area (Å²) in [5, 5.41) is 0. The monoisotopic (exact) mass is 460 g/mol. The predicted octanol–water partition coefficient (Wildman–Crippen LogP) is 9.48. The zero-order chi connectivity index (χ0) is 25.7. The highest BCUT2D eigenvalue weighted by molar-refractivity contribution is 5.55. The average molecular weight is 461 g/mol. The maximum atomic E-state index is 14.5. The van der Waals surface area contributed by atoms with E-state index in [4.69, 9.17) is 4.74 Å². The quantitative estimate of drug-likeness (QED) is 0.109. The number of hydrogen-bond acceptors (Lipinski definition) is 1. The van der Waals surface area contributed by atoms with Crippen LogP contribution >= 0.6 is 0 Å². The first-order chi connectivity index (χ1) is 15.4. The molecular formula is C28H32F4O. The van der Waals surface area contributed by atoms with Crippen molar-refractivity contribution in [2.75, 3.05) is 6.61 Å². The zero-order valence-corrected chi connectivity index (χ0v) is 19.7. The van der Waals surface area contributed by atoms with Crippen molar-refractivity contribution in [3.63, 3.8) is 0 Å². The van der Waals surface area contributed by atoms with E-state index >= 15 is 0 Å². The van der Waals surface area contributed by atoms with Crippen LogP contribution in [0.15, 0.2) is 132 Å². The molecule has 0 atom stereocenters. The van der Waals surface area contributed by atoms with Crippen LogP contribution in [0.3, 0.4) is 0 Å². The van der Waals surface area contributed by atoms with E-state index in [1.54, 1.807) is 32.1 Å². The summed E-state index contributed by atoms with van der Waals surface area (Å²) in [6.45, 7) is 26.5. The molecule has 33 heavy (non-hydrogen) atoms. The van der Waals surface area contributed by atoms with Crippen molar-refractivity contribution in [1.29, 1.82) is 0 Å². The van der Waals surface area contributed by atoms with Gasteiger partial charge in [0.1, 0.15) is 6.61 Å². The lowest BCUT2D eigenvalue weighted by molar-refractivity contribution is 0.241. The standard InChI is InChI=1S/C28H32F4O/c1-10-12-14-18(3)21(6)25(29)26(30)22(7)19(4)15-16-20(5)23(8)27(31)28(32)24(9)33-17-13-11-2/h11,13-16H,4-10,12,17H2,1-3H3/b13-11+,16-15-,18-14+,26-25-,28-27-. The summed E-state index contributed by atoms with van der Waals surface area (Å²) in [7, 11) is 0. The summed E-state index contributed by atoms with van der Waals surface area (Å²) >= 11 is 0. The van der Waals surface area contributed by atoms with E-state index in [0.717, 1.165) is 6.42 Å². The molecule has 0 aromatic heterocycles. The van der Waals surface area contributed by atoms with Crippen LogP contribution in [0.25, 0.3) is 0 Å². The maximum Gasteiger partial charge on any atom is 0.200 e. The Balaban J connectivity index is 5.42. The van der Waals surface area contributed by atoms with Crippen LogP contribution in [0.2, 0.25) is 0 Å². The average Bonchev–Trinajstić information content (AvgIpc) is 2.81. The molecule has 0 N–H and O–H groups in total. The van der Waals surface area contributed by atoms with Crippen molar-refractivity contribution in [1.82, 2.24) is 0 Å². The molecule has 0 aliphatic carbocycles. The molecule has 0 heterocycles. The lowest BCUT2D eigenvalue weighted by atomic mass is 10.0. The summed E-state index contributed by atoms with van der Waals surface area (Å²) in [5.41, 5.74) is -0.279. The highest BCUT2D eigenvalue weighted by Gasteiger charge is 2.17. The summed E-state index contributed by atoms with van der Waals surface area (Å²) in [5.74, 6) is -5.47. The van der Waals surface area contributed by atoms with Gasteiger partial charge in [-0.3, -0.25) is 0 Å². The molecule has 0 aliphatic rings. The van der Waals surface area contributed by atoms with Crippen LogP contribution in [-0.4, -0.2) is 6.61 Å². The van der Waals surface area contributed by atoms with Crippen LogP contribution < -0.4 is 0 Å². The molecule has 0 fully saturated rings. The van der Waals surface area contributed by atoms with Gasteiger partial charge in [0.2, 0.25) is 5.83 Å². The minimum absolute atomic E-state index is 0.00328. The van der Waals surface area contributed by atoms with Crippen molar-refractivity contribution < 1.29 is 22.3 Å². The largest absolute Gasteiger partial charge is 0.487 e. The number of rotatable bonds is 14. The van der Waals surface area contributed by atoms with Crippen LogP contribution in [0.1, 0.15) is 33.6 Å². The van der Waals surface area contributed by atoms with Gasteiger partial charge in [-0.1, -0.05) is 83.2 Å². The van der Waals surface area contributed by atoms with E-state index in [1.807, 2.05) is 6.92 Å². The molecule has 0 radical (unpaired) electrons. The fourth-order valence-electron chi connectivity index (χ4n) is 2.17. The smallest absolute Gasteiger partial charge is 0.200 e. The number of ether oxygens (including phenoxy) is 1. The van der Waals surface area contributed by atoms with E-state index < -0.39 is 29.1 Å². The molecular weight excluding hydrogens is 428 g/mol. The minimum atomic E-state index is -1.32. The first kappa shape index (κ1) is 29.7. The molecule has 1 nitrogen and oxygen atoms in total. The number of halogens is 4. The van der Waals surface area contributed by atoms with E-state index in [2.05, 4.69) is 39.5 Å². The maximum absolute atomic E-state index is 14.5. The van der Waals surface area contributed by atoms with Crippen molar-refractivity contribution in [3.05, 3.63) is 132 Å². The number of hydrogen-bond donors (Lipinski definition) is 0. The van der Waals surface area contributed by atoms with Crippen LogP contribution in [0.4, 0.5) is 17.6 Å². The lowest BCUT2D eigenvalue weighted by Crippen LogP contribution is -1.96. The summed E-state index contributed by atoms with van der Waals surface area (Å²) in [6.07, 6.45) is 9.10. The second kappa shape index (κ2) is 14.7. The van der Waals surface area contributed by atoms with E-state index in [0.29, 0.717) is 12.0 Å². The zero-order valence-electron chi connectivity index (χ0n) is 19.7. The summed E-state index contributed by atoms with van der Waals surface area (Å²) < 4.78 is 62.5. The third-order valence-corrected chi connectivity index (χ3v) is 4.49. The van der Waals surface area contributed by atoms with E-state index in [9.17, 15) is 17.6 Å². The second-order valence-corrected chi connectivity index (χ2v) is 7.05. The van der Waals surface area contributed by atoms with Gasteiger partial charge in [0.15, 0.2) is 23.2 Å². The van der Waals surface area contributed by atoms with Gasteiger partial charge in [-0.15, -0.1) is 0 Å². The first-order valence-electron chi connectivity index (χ1n) is 10.3. The third kappa shape index (κ3) is 9.36. The minimum Gasteiger partial charge on any atom is -0.487 e. The van der Waals surface area contributed by atoms with Gasteiger partial charge in [-0.2, -0.15) is 4.39 Å². The molecule has 5 heteroatoms. The Kier molecular flexibility index (Phi) is 13.2. The lowest BCUT2D eigenvalue weighted by Gasteiger charge is -2.10. The highest BCUT2D eigenvalue weighted by Crippen LogP contribution is 2.31. The Hall–Kier alpha value is -3.34. The Labute approximate surface area is 195 Å². The topological polar surface area (TPSA) is 9.23 Å². The molecule has 0 bridgehead atoms. The molecule has 0 rings (SSSR count). The summed E-state index contributed by atoms with van der Waals surface area (Å²) in [4.78, 5) is 0. The van der Waals surface area contributed by atoms with Crippen LogP contribution in [-0.2, 0) is 4.74 Å². The third-order valence-electron chi connectivity index (χ3n) is 4.49. The fraction of sp³-hybridized carbons (Fsp3) is 0.214. The van der Waals surface area contributed by atoms with E-state index in [-0.39, 0.29) is 34.5 Å². The summed E-state index contributed by atoms with van der Waals surface area (Å²) in [6, 6.07) is 0.